The predicted molar refractivity (Wildman–Crippen MR) is 118 cm³/mol. The summed E-state index contributed by atoms with van der Waals surface area (Å²) in [6, 6.07) is 9.92. The fourth-order valence-electron chi connectivity index (χ4n) is 2.26. The molecule has 0 saturated heterocycles. The second-order valence-corrected chi connectivity index (χ2v) is 9.27. The maximum absolute atomic E-state index is 11.2. The first-order valence-electron chi connectivity index (χ1n) is 9.08. The van der Waals surface area contributed by atoms with Gasteiger partial charge in [0.2, 0.25) is 0 Å². The Labute approximate surface area is 186 Å². The Hall–Kier alpha value is -3.16. The van der Waals surface area contributed by atoms with Crippen LogP contribution in [0.4, 0.5) is 11.4 Å². The lowest BCUT2D eigenvalue weighted by Gasteiger charge is -2.08. The van der Waals surface area contributed by atoms with Gasteiger partial charge in [-0.1, -0.05) is 16.7 Å². The van der Waals surface area contributed by atoms with E-state index in [4.69, 9.17) is 14.0 Å². The number of aryl methyl sites for hydroxylation is 2. The molecular weight excluding hydrogens is 460 g/mol. The zero-order chi connectivity index (χ0) is 23.8. The summed E-state index contributed by atoms with van der Waals surface area (Å²) in [6.07, 6.45) is 4.28. The van der Waals surface area contributed by atoms with Crippen LogP contribution in [-0.4, -0.2) is 40.9 Å². The summed E-state index contributed by atoms with van der Waals surface area (Å²) in [6.45, 7) is 3.95. The van der Waals surface area contributed by atoms with Gasteiger partial charge in [-0.25, -0.2) is 8.42 Å². The average Bonchev–Trinajstić information content (AvgIpc) is 2.68. The van der Waals surface area contributed by atoms with E-state index in [0.29, 0.717) is 5.75 Å². The van der Waals surface area contributed by atoms with Crippen molar-refractivity contribution in [2.45, 2.75) is 13.8 Å². The normalized spacial score (nSPS) is 12.8. The summed E-state index contributed by atoms with van der Waals surface area (Å²) in [4.78, 5) is 0. The van der Waals surface area contributed by atoms with Crippen LogP contribution in [0.1, 0.15) is 11.1 Å². The van der Waals surface area contributed by atoms with E-state index in [1.165, 1.54) is 6.07 Å². The van der Waals surface area contributed by atoms with Gasteiger partial charge in [0.25, 0.3) is 10.0 Å². The van der Waals surface area contributed by atoms with E-state index in [9.17, 15) is 16.8 Å². The van der Waals surface area contributed by atoms with Gasteiger partial charge >= 0.3 is 10.3 Å². The van der Waals surface area contributed by atoms with Crippen molar-refractivity contribution in [3.8, 4) is 11.5 Å². The molecule has 11 nitrogen and oxygen atoms in total. The monoisotopic (exact) mass is 482 g/mol. The van der Waals surface area contributed by atoms with Crippen LogP contribution in [0.5, 0.6) is 11.5 Å². The molecule has 0 bridgehead atoms. The van der Waals surface area contributed by atoms with Gasteiger partial charge in [-0.15, -0.1) is 10.2 Å². The lowest BCUT2D eigenvalue weighted by atomic mass is 10.2. The summed E-state index contributed by atoms with van der Waals surface area (Å²) in [5, 5.41) is 7.19. The van der Waals surface area contributed by atoms with Crippen molar-refractivity contribution in [3.05, 3.63) is 59.7 Å². The molecule has 0 aliphatic heterocycles. The van der Waals surface area contributed by atoms with Gasteiger partial charge in [0, 0.05) is 0 Å². The standard InChI is InChI=1S/C19H22N4O7S2/c1-14-6-8-16(20-22-31(3,24)25)18(12-14)29-10-4-5-11-30-19-13-15(2)7-9-17(19)21-23-32(26,27)28/h4-9,12-13H,10-11H2,1-3H3,(H,26,27,28)/b5-4+,22-20?,23-21?. The molecule has 0 aliphatic carbocycles. The van der Waals surface area contributed by atoms with E-state index < -0.39 is 20.3 Å². The first-order valence-corrected chi connectivity index (χ1v) is 12.3. The number of rotatable bonds is 10. The van der Waals surface area contributed by atoms with Gasteiger partial charge in [-0.3, -0.25) is 4.55 Å². The van der Waals surface area contributed by atoms with Gasteiger partial charge < -0.3 is 9.47 Å². The van der Waals surface area contributed by atoms with Gasteiger partial charge in [0.1, 0.15) is 36.1 Å². The number of sulfonamides is 1. The van der Waals surface area contributed by atoms with E-state index in [0.717, 1.165) is 17.4 Å². The van der Waals surface area contributed by atoms with Crippen LogP contribution in [0.3, 0.4) is 0 Å². The first-order chi connectivity index (χ1) is 14.9. The molecular formula is C19H22N4O7S2. The highest BCUT2D eigenvalue weighted by atomic mass is 32.2. The molecule has 0 fully saturated rings. The highest BCUT2D eigenvalue weighted by molar-refractivity contribution is 7.89. The van der Waals surface area contributed by atoms with E-state index in [1.807, 2.05) is 13.8 Å². The Morgan fingerprint density at radius 2 is 1.25 bits per heavy atom. The van der Waals surface area contributed by atoms with Gasteiger partial charge in [-0.2, -0.15) is 8.42 Å². The average molecular weight is 483 g/mol. The van der Waals surface area contributed by atoms with E-state index in [-0.39, 0.29) is 30.3 Å². The van der Waals surface area contributed by atoms with Crippen molar-refractivity contribution in [2.75, 3.05) is 19.5 Å². The Kier molecular flexibility index (Phi) is 8.57. The second-order valence-electron chi connectivity index (χ2n) is 6.58. The lowest BCUT2D eigenvalue weighted by Crippen LogP contribution is -1.98. The molecule has 0 aliphatic rings. The minimum absolute atomic E-state index is 0.121. The number of hydrogen-bond donors (Lipinski definition) is 1. The Balaban J connectivity index is 2.00. The fraction of sp³-hybridized carbons (Fsp3) is 0.263. The highest BCUT2D eigenvalue weighted by Crippen LogP contribution is 2.30. The largest absolute Gasteiger partial charge is 0.487 e. The van der Waals surface area contributed by atoms with Crippen LogP contribution < -0.4 is 9.47 Å². The van der Waals surface area contributed by atoms with Crippen LogP contribution in [0, 0.1) is 13.8 Å². The smallest absolute Gasteiger partial charge is 0.396 e. The molecule has 0 unspecified atom stereocenters. The molecule has 0 amide bonds. The van der Waals surface area contributed by atoms with Gasteiger partial charge in [-0.05, 0) is 65.9 Å². The Morgan fingerprint density at radius 1 is 0.812 bits per heavy atom. The molecule has 0 saturated carbocycles. The Morgan fingerprint density at radius 3 is 1.66 bits per heavy atom. The zero-order valence-electron chi connectivity index (χ0n) is 17.5. The third-order valence-corrected chi connectivity index (χ3v) is 4.28. The van der Waals surface area contributed by atoms with Crippen molar-refractivity contribution in [1.29, 1.82) is 0 Å². The summed E-state index contributed by atoms with van der Waals surface area (Å²) >= 11 is 0. The lowest BCUT2D eigenvalue weighted by molar-refractivity contribution is 0.351. The van der Waals surface area contributed by atoms with Crippen LogP contribution in [0.2, 0.25) is 0 Å². The summed E-state index contributed by atoms with van der Waals surface area (Å²) in [5.74, 6) is 0.652. The van der Waals surface area contributed by atoms with Crippen molar-refractivity contribution < 1.29 is 30.9 Å². The molecule has 32 heavy (non-hydrogen) atoms. The van der Waals surface area contributed by atoms with Crippen LogP contribution in [0.15, 0.2) is 67.8 Å². The molecule has 0 spiro atoms. The molecule has 2 aromatic rings. The van der Waals surface area contributed by atoms with Crippen molar-refractivity contribution in [3.63, 3.8) is 0 Å². The highest BCUT2D eigenvalue weighted by Gasteiger charge is 2.07. The first kappa shape index (κ1) is 25.1. The Bertz CT molecular complexity index is 1160. The number of hydrogen-bond acceptors (Lipinski definition) is 8. The zero-order valence-corrected chi connectivity index (χ0v) is 19.2. The minimum Gasteiger partial charge on any atom is -0.487 e. The topological polar surface area (TPSA) is 156 Å². The van der Waals surface area contributed by atoms with Crippen LogP contribution in [0.25, 0.3) is 0 Å². The molecule has 0 aromatic heterocycles. The second kappa shape index (κ2) is 10.9. The summed E-state index contributed by atoms with van der Waals surface area (Å²) in [7, 11) is -8.22. The molecule has 2 aromatic carbocycles. The minimum atomic E-state index is -4.60. The fourth-order valence-corrected chi connectivity index (χ4v) is 2.69. The van der Waals surface area contributed by atoms with Gasteiger partial charge in [0.15, 0.2) is 0 Å². The van der Waals surface area contributed by atoms with E-state index in [1.54, 1.807) is 42.5 Å². The van der Waals surface area contributed by atoms with Crippen molar-refractivity contribution >= 4 is 31.7 Å². The molecule has 0 radical (unpaired) electrons. The van der Waals surface area contributed by atoms with Crippen LogP contribution in [-0.2, 0) is 20.3 Å². The molecule has 1 N–H and O–H groups in total. The number of ether oxygens (including phenoxy) is 2. The molecule has 13 heteroatoms. The third kappa shape index (κ3) is 9.32. The van der Waals surface area contributed by atoms with Crippen molar-refractivity contribution in [1.82, 2.24) is 0 Å². The maximum Gasteiger partial charge on any atom is 0.396 e. The van der Waals surface area contributed by atoms with Gasteiger partial charge in [0.05, 0.1) is 6.26 Å². The third-order valence-electron chi connectivity index (χ3n) is 3.62. The quantitative estimate of drug-likeness (QED) is 0.301. The van der Waals surface area contributed by atoms with Crippen molar-refractivity contribution in [2.24, 2.45) is 19.3 Å². The van der Waals surface area contributed by atoms with Crippen LogP contribution >= 0.6 is 0 Å². The van der Waals surface area contributed by atoms with E-state index >= 15 is 0 Å². The van der Waals surface area contributed by atoms with E-state index in [2.05, 4.69) is 19.3 Å². The maximum atomic E-state index is 11.2. The number of benzene rings is 2. The summed E-state index contributed by atoms with van der Waals surface area (Å²) < 4.78 is 69.9. The molecule has 0 heterocycles. The predicted octanol–water partition coefficient (Wildman–Crippen LogP) is 4.25. The summed E-state index contributed by atoms with van der Waals surface area (Å²) in [5.41, 5.74) is 2.17. The number of nitrogens with zero attached hydrogens (tertiary/aromatic N) is 4. The molecule has 2 rings (SSSR count). The molecule has 172 valence electrons. The SMILES string of the molecule is Cc1ccc(N=NS(C)(=O)=O)c(OC/C=C/COc2cc(C)ccc2N=NS(=O)(=O)O)c1. The molecule has 0 atom stereocenters.